The topological polar surface area (TPSA) is 29.3 Å². The molecular formula is C16H19N3S. The number of nitrogens with one attached hydrogen (secondary N) is 1. The summed E-state index contributed by atoms with van der Waals surface area (Å²) in [7, 11) is 0. The van der Waals surface area contributed by atoms with E-state index >= 15 is 0 Å². The van der Waals surface area contributed by atoms with Gasteiger partial charge in [-0.3, -0.25) is 4.40 Å². The zero-order valence-corrected chi connectivity index (χ0v) is 13.1. The lowest BCUT2D eigenvalue weighted by Crippen LogP contribution is -2.04. The predicted octanol–water partition coefficient (Wildman–Crippen LogP) is 4.24. The number of nitrogens with zero attached hydrogens (tertiary/aromatic N) is 2. The molecular weight excluding hydrogens is 266 g/mol. The van der Waals surface area contributed by atoms with Crippen molar-refractivity contribution >= 4 is 22.0 Å². The molecule has 2 aromatic heterocycles. The molecule has 1 N–H and O–H groups in total. The minimum atomic E-state index is 0.797. The van der Waals surface area contributed by atoms with E-state index in [1.165, 1.54) is 21.7 Å². The average Bonchev–Trinajstić information content (AvgIpc) is 2.87. The maximum absolute atomic E-state index is 4.62. The molecule has 0 bridgehead atoms. The fraction of sp³-hybridized carbons (Fsp3) is 0.312. The monoisotopic (exact) mass is 285 g/mol. The number of anilines is 1. The van der Waals surface area contributed by atoms with Crippen LogP contribution < -0.4 is 5.32 Å². The zero-order chi connectivity index (χ0) is 14.3. The van der Waals surface area contributed by atoms with E-state index in [9.17, 15) is 0 Å². The Morgan fingerprint density at radius 1 is 1.15 bits per heavy atom. The average molecular weight is 285 g/mol. The molecule has 2 heterocycles. The van der Waals surface area contributed by atoms with Gasteiger partial charge < -0.3 is 5.32 Å². The van der Waals surface area contributed by atoms with Crippen molar-refractivity contribution in [3.63, 3.8) is 0 Å². The third-order valence-corrected chi connectivity index (χ3v) is 4.61. The third kappa shape index (κ3) is 2.31. The van der Waals surface area contributed by atoms with E-state index in [0.717, 1.165) is 22.9 Å². The van der Waals surface area contributed by atoms with E-state index in [-0.39, 0.29) is 0 Å². The van der Waals surface area contributed by atoms with E-state index in [1.807, 2.05) is 0 Å². The first kappa shape index (κ1) is 13.2. The van der Waals surface area contributed by atoms with Gasteiger partial charge in [-0.1, -0.05) is 6.07 Å². The van der Waals surface area contributed by atoms with Crippen molar-refractivity contribution in [3.8, 4) is 0 Å². The van der Waals surface area contributed by atoms with Gasteiger partial charge in [0, 0.05) is 16.8 Å². The number of aromatic nitrogens is 2. The summed E-state index contributed by atoms with van der Waals surface area (Å²) in [6.07, 6.45) is 2.16. The Kier molecular flexibility index (Phi) is 3.26. The second-order valence-electron chi connectivity index (χ2n) is 5.29. The molecule has 20 heavy (non-hydrogen) atoms. The lowest BCUT2D eigenvalue weighted by Gasteiger charge is -2.09. The van der Waals surface area contributed by atoms with E-state index in [4.69, 9.17) is 0 Å². The molecule has 0 amide bonds. The van der Waals surface area contributed by atoms with E-state index in [0.29, 0.717) is 0 Å². The highest BCUT2D eigenvalue weighted by atomic mass is 32.1. The molecule has 0 atom stereocenters. The van der Waals surface area contributed by atoms with Crippen LogP contribution in [0.1, 0.15) is 27.4 Å². The number of hydrogen-bond donors (Lipinski definition) is 1. The first-order valence-corrected chi connectivity index (χ1v) is 7.61. The SMILES string of the molecule is Cc1cn2c(CNc3ccc(C)c(C)c3)c(C)nc2s1. The molecule has 3 aromatic rings. The molecule has 0 spiro atoms. The molecule has 1 aromatic carbocycles. The number of imidazole rings is 1. The largest absolute Gasteiger partial charge is 0.379 e. The molecule has 4 heteroatoms. The van der Waals surface area contributed by atoms with E-state index < -0.39 is 0 Å². The summed E-state index contributed by atoms with van der Waals surface area (Å²) in [6.45, 7) is 9.27. The highest BCUT2D eigenvalue weighted by Gasteiger charge is 2.10. The van der Waals surface area contributed by atoms with Crippen LogP contribution in [0.3, 0.4) is 0 Å². The Hall–Kier alpha value is -1.81. The Bertz CT molecular complexity index is 767. The molecule has 0 aliphatic carbocycles. The number of benzene rings is 1. The van der Waals surface area contributed by atoms with Crippen LogP contribution in [-0.4, -0.2) is 9.38 Å². The van der Waals surface area contributed by atoms with Crippen molar-refractivity contribution in [2.75, 3.05) is 5.32 Å². The van der Waals surface area contributed by atoms with Gasteiger partial charge in [0.05, 0.1) is 17.9 Å². The van der Waals surface area contributed by atoms with Crippen LogP contribution in [0.15, 0.2) is 24.4 Å². The smallest absolute Gasteiger partial charge is 0.194 e. The van der Waals surface area contributed by atoms with Gasteiger partial charge in [-0.2, -0.15) is 0 Å². The van der Waals surface area contributed by atoms with Crippen molar-refractivity contribution in [2.24, 2.45) is 0 Å². The predicted molar refractivity (Wildman–Crippen MR) is 85.8 cm³/mol. The van der Waals surface area contributed by atoms with Gasteiger partial charge in [-0.05, 0) is 51.0 Å². The Balaban J connectivity index is 1.85. The van der Waals surface area contributed by atoms with Crippen molar-refractivity contribution in [1.82, 2.24) is 9.38 Å². The molecule has 0 unspecified atom stereocenters. The second kappa shape index (κ2) is 4.94. The number of thiazole rings is 1. The molecule has 0 aliphatic heterocycles. The van der Waals surface area contributed by atoms with Crippen molar-refractivity contribution in [3.05, 3.63) is 51.8 Å². The van der Waals surface area contributed by atoms with Crippen LogP contribution in [0.2, 0.25) is 0 Å². The summed E-state index contributed by atoms with van der Waals surface area (Å²) < 4.78 is 2.20. The van der Waals surface area contributed by atoms with Crippen molar-refractivity contribution in [1.29, 1.82) is 0 Å². The molecule has 3 rings (SSSR count). The highest BCUT2D eigenvalue weighted by Crippen LogP contribution is 2.22. The fourth-order valence-corrected chi connectivity index (χ4v) is 3.25. The van der Waals surface area contributed by atoms with Crippen molar-refractivity contribution in [2.45, 2.75) is 34.2 Å². The summed E-state index contributed by atoms with van der Waals surface area (Å²) in [5.41, 5.74) is 6.15. The number of aryl methyl sites for hydroxylation is 4. The Morgan fingerprint density at radius 2 is 1.95 bits per heavy atom. The van der Waals surface area contributed by atoms with Crippen LogP contribution >= 0.6 is 11.3 Å². The number of hydrogen-bond acceptors (Lipinski definition) is 3. The zero-order valence-electron chi connectivity index (χ0n) is 12.3. The maximum atomic E-state index is 4.62. The van der Waals surface area contributed by atoms with Gasteiger partial charge in [0.15, 0.2) is 4.96 Å². The van der Waals surface area contributed by atoms with Crippen LogP contribution in [-0.2, 0) is 6.54 Å². The molecule has 0 saturated heterocycles. The molecule has 0 aliphatic rings. The van der Waals surface area contributed by atoms with Gasteiger partial charge in [0.25, 0.3) is 0 Å². The van der Waals surface area contributed by atoms with Gasteiger partial charge in [0.2, 0.25) is 0 Å². The number of fused-ring (bicyclic) bond motifs is 1. The molecule has 3 nitrogen and oxygen atoms in total. The summed E-state index contributed by atoms with van der Waals surface area (Å²) in [4.78, 5) is 6.99. The standard InChI is InChI=1S/C16H19N3S/c1-10-5-6-14(7-11(10)2)17-8-15-13(4)18-16-19(15)9-12(3)20-16/h5-7,9,17H,8H2,1-4H3. The molecule has 0 radical (unpaired) electrons. The van der Waals surface area contributed by atoms with Crippen LogP contribution in [0.4, 0.5) is 5.69 Å². The normalized spacial score (nSPS) is 11.2. The first-order valence-electron chi connectivity index (χ1n) is 6.79. The number of rotatable bonds is 3. The molecule has 104 valence electrons. The second-order valence-corrected chi connectivity index (χ2v) is 6.50. The highest BCUT2D eigenvalue weighted by molar-refractivity contribution is 7.17. The minimum absolute atomic E-state index is 0.797. The van der Waals surface area contributed by atoms with E-state index in [2.05, 4.69) is 66.8 Å². The van der Waals surface area contributed by atoms with Crippen LogP contribution in [0.5, 0.6) is 0 Å². The third-order valence-electron chi connectivity index (χ3n) is 3.71. The van der Waals surface area contributed by atoms with E-state index in [1.54, 1.807) is 11.3 Å². The summed E-state index contributed by atoms with van der Waals surface area (Å²) in [6, 6.07) is 6.49. The first-order chi connectivity index (χ1) is 9.54. The lowest BCUT2D eigenvalue weighted by molar-refractivity contribution is 0.991. The van der Waals surface area contributed by atoms with Gasteiger partial charge >= 0.3 is 0 Å². The van der Waals surface area contributed by atoms with Crippen LogP contribution in [0, 0.1) is 27.7 Å². The summed E-state index contributed by atoms with van der Waals surface area (Å²) >= 11 is 1.74. The fourth-order valence-electron chi connectivity index (χ4n) is 2.36. The van der Waals surface area contributed by atoms with Gasteiger partial charge in [-0.25, -0.2) is 4.98 Å². The summed E-state index contributed by atoms with van der Waals surface area (Å²) in [5, 5.41) is 3.50. The molecule has 0 saturated carbocycles. The quantitative estimate of drug-likeness (QED) is 0.780. The van der Waals surface area contributed by atoms with Gasteiger partial charge in [-0.15, -0.1) is 11.3 Å². The van der Waals surface area contributed by atoms with Gasteiger partial charge in [0.1, 0.15) is 0 Å². The maximum Gasteiger partial charge on any atom is 0.194 e. The molecule has 0 fully saturated rings. The van der Waals surface area contributed by atoms with Crippen molar-refractivity contribution < 1.29 is 0 Å². The Morgan fingerprint density at radius 3 is 2.70 bits per heavy atom. The summed E-state index contributed by atoms with van der Waals surface area (Å²) in [5.74, 6) is 0. The Labute approximate surface area is 123 Å². The lowest BCUT2D eigenvalue weighted by atomic mass is 10.1. The van der Waals surface area contributed by atoms with Crippen LogP contribution in [0.25, 0.3) is 4.96 Å². The minimum Gasteiger partial charge on any atom is -0.379 e.